The van der Waals surface area contributed by atoms with Crippen LogP contribution in [0.3, 0.4) is 0 Å². The Morgan fingerprint density at radius 1 is 1.00 bits per heavy atom. The monoisotopic (exact) mass is 415 g/mol. The van der Waals surface area contributed by atoms with Crippen molar-refractivity contribution in [2.45, 2.75) is 33.4 Å². The summed E-state index contributed by atoms with van der Waals surface area (Å²) in [6.07, 6.45) is 0.677. The van der Waals surface area contributed by atoms with Gasteiger partial charge in [0.2, 0.25) is 5.91 Å². The molecular weight excluding hydrogens is 382 g/mol. The minimum atomic E-state index is -0.187. The van der Waals surface area contributed by atoms with Crippen LogP contribution in [-0.2, 0) is 22.6 Å². The van der Waals surface area contributed by atoms with Gasteiger partial charge in [0.25, 0.3) is 0 Å². The Balaban J connectivity index is 2.12. The van der Waals surface area contributed by atoms with Gasteiger partial charge < -0.3 is 23.9 Å². The zero-order valence-corrected chi connectivity index (χ0v) is 18.5. The SMILES string of the molecule is CCOCCCN(CC(=O)N(Cc1ccccc1)Cc1ccc(C)o1)C(=O)N(C)C. The largest absolute Gasteiger partial charge is 0.464 e. The predicted octanol–water partition coefficient (Wildman–Crippen LogP) is 3.53. The number of furan rings is 1. The third kappa shape index (κ3) is 7.55. The molecule has 3 amide bonds. The van der Waals surface area contributed by atoms with Gasteiger partial charge in [-0.2, -0.15) is 0 Å². The summed E-state index contributed by atoms with van der Waals surface area (Å²) in [6, 6.07) is 13.4. The molecule has 0 atom stereocenters. The second-order valence-corrected chi connectivity index (χ2v) is 7.40. The maximum atomic E-state index is 13.2. The van der Waals surface area contributed by atoms with Crippen LogP contribution in [0.1, 0.15) is 30.4 Å². The zero-order valence-electron chi connectivity index (χ0n) is 18.5. The van der Waals surface area contributed by atoms with E-state index in [2.05, 4.69) is 0 Å². The van der Waals surface area contributed by atoms with Crippen molar-refractivity contribution in [3.8, 4) is 0 Å². The highest BCUT2D eigenvalue weighted by Gasteiger charge is 2.23. The summed E-state index contributed by atoms with van der Waals surface area (Å²) in [4.78, 5) is 30.6. The molecule has 1 heterocycles. The molecule has 0 unspecified atom stereocenters. The molecule has 0 fully saturated rings. The molecular formula is C23H33N3O4. The van der Waals surface area contributed by atoms with Crippen LogP contribution in [0.5, 0.6) is 0 Å². The Bertz CT molecular complexity index is 789. The van der Waals surface area contributed by atoms with Gasteiger partial charge in [0.15, 0.2) is 0 Å². The van der Waals surface area contributed by atoms with Crippen molar-refractivity contribution in [3.05, 3.63) is 59.5 Å². The fourth-order valence-electron chi connectivity index (χ4n) is 3.08. The molecule has 2 rings (SSSR count). The number of amides is 3. The van der Waals surface area contributed by atoms with Crippen molar-refractivity contribution < 1.29 is 18.7 Å². The van der Waals surface area contributed by atoms with E-state index in [1.807, 2.05) is 56.3 Å². The summed E-state index contributed by atoms with van der Waals surface area (Å²) in [5.41, 5.74) is 1.02. The first-order valence-corrected chi connectivity index (χ1v) is 10.3. The molecule has 0 aliphatic carbocycles. The van der Waals surface area contributed by atoms with Gasteiger partial charge in [0.1, 0.15) is 18.1 Å². The number of carbonyl (C=O) groups is 2. The summed E-state index contributed by atoms with van der Waals surface area (Å²) in [5.74, 6) is 1.40. The van der Waals surface area contributed by atoms with E-state index in [-0.39, 0.29) is 18.5 Å². The van der Waals surface area contributed by atoms with E-state index < -0.39 is 0 Å². The van der Waals surface area contributed by atoms with Gasteiger partial charge in [-0.25, -0.2) is 4.79 Å². The van der Waals surface area contributed by atoms with Crippen molar-refractivity contribution in [3.63, 3.8) is 0 Å². The van der Waals surface area contributed by atoms with Gasteiger partial charge >= 0.3 is 6.03 Å². The van der Waals surface area contributed by atoms with Crippen LogP contribution in [-0.4, -0.2) is 67.0 Å². The number of carbonyl (C=O) groups excluding carboxylic acids is 2. The minimum Gasteiger partial charge on any atom is -0.464 e. The van der Waals surface area contributed by atoms with Crippen molar-refractivity contribution in [1.82, 2.24) is 14.7 Å². The van der Waals surface area contributed by atoms with E-state index in [4.69, 9.17) is 9.15 Å². The molecule has 0 aliphatic rings. The number of urea groups is 1. The molecule has 1 aromatic heterocycles. The van der Waals surface area contributed by atoms with Gasteiger partial charge in [-0.15, -0.1) is 0 Å². The van der Waals surface area contributed by atoms with Gasteiger partial charge in [-0.3, -0.25) is 4.79 Å². The molecule has 0 saturated carbocycles. The molecule has 7 heteroatoms. The molecule has 0 N–H and O–H groups in total. The van der Waals surface area contributed by atoms with Crippen molar-refractivity contribution in [1.29, 1.82) is 0 Å². The van der Waals surface area contributed by atoms with E-state index >= 15 is 0 Å². The molecule has 0 spiro atoms. The van der Waals surface area contributed by atoms with E-state index in [9.17, 15) is 9.59 Å². The summed E-state index contributed by atoms with van der Waals surface area (Å²) in [7, 11) is 3.38. The summed E-state index contributed by atoms with van der Waals surface area (Å²) >= 11 is 0. The van der Waals surface area contributed by atoms with Crippen LogP contribution >= 0.6 is 0 Å². The first-order chi connectivity index (χ1) is 14.4. The van der Waals surface area contributed by atoms with E-state index in [0.29, 0.717) is 39.3 Å². The highest BCUT2D eigenvalue weighted by Crippen LogP contribution is 2.14. The summed E-state index contributed by atoms with van der Waals surface area (Å²) in [5, 5.41) is 0. The highest BCUT2D eigenvalue weighted by molar-refractivity contribution is 5.84. The lowest BCUT2D eigenvalue weighted by Gasteiger charge is -2.29. The number of hydrogen-bond acceptors (Lipinski definition) is 4. The maximum absolute atomic E-state index is 13.2. The first-order valence-electron chi connectivity index (χ1n) is 10.3. The Morgan fingerprint density at radius 3 is 2.33 bits per heavy atom. The Labute approximate surface area is 179 Å². The van der Waals surface area contributed by atoms with Gasteiger partial charge in [0, 0.05) is 40.4 Å². The highest BCUT2D eigenvalue weighted by atomic mass is 16.5. The quantitative estimate of drug-likeness (QED) is 0.527. The van der Waals surface area contributed by atoms with E-state index in [1.165, 1.54) is 4.90 Å². The first kappa shape index (κ1) is 23.5. The zero-order chi connectivity index (χ0) is 21.9. The fraction of sp³-hybridized carbons (Fsp3) is 0.478. The number of ether oxygens (including phenoxy) is 1. The third-order valence-corrected chi connectivity index (χ3v) is 4.61. The Morgan fingerprint density at radius 2 is 1.73 bits per heavy atom. The molecule has 0 radical (unpaired) electrons. The van der Waals surface area contributed by atoms with Crippen LogP contribution in [0.4, 0.5) is 4.79 Å². The molecule has 0 aliphatic heterocycles. The molecule has 0 bridgehead atoms. The second-order valence-electron chi connectivity index (χ2n) is 7.40. The van der Waals surface area contributed by atoms with Gasteiger partial charge in [0.05, 0.1) is 6.54 Å². The fourth-order valence-corrected chi connectivity index (χ4v) is 3.08. The molecule has 7 nitrogen and oxygen atoms in total. The van der Waals surface area contributed by atoms with Crippen LogP contribution < -0.4 is 0 Å². The smallest absolute Gasteiger partial charge is 0.319 e. The number of benzene rings is 1. The second kappa shape index (κ2) is 12.0. The van der Waals surface area contributed by atoms with E-state index in [1.54, 1.807) is 23.9 Å². The lowest BCUT2D eigenvalue weighted by Crippen LogP contribution is -2.46. The lowest BCUT2D eigenvalue weighted by atomic mass is 10.2. The van der Waals surface area contributed by atoms with Crippen molar-refractivity contribution >= 4 is 11.9 Å². The maximum Gasteiger partial charge on any atom is 0.319 e. The van der Waals surface area contributed by atoms with Crippen LogP contribution in [0, 0.1) is 6.92 Å². The Kier molecular flexibility index (Phi) is 9.41. The summed E-state index contributed by atoms with van der Waals surface area (Å²) < 4.78 is 11.1. The van der Waals surface area contributed by atoms with Crippen LogP contribution in [0.15, 0.2) is 46.9 Å². The average Bonchev–Trinajstić information content (AvgIpc) is 3.14. The average molecular weight is 416 g/mol. The third-order valence-electron chi connectivity index (χ3n) is 4.61. The predicted molar refractivity (Wildman–Crippen MR) is 116 cm³/mol. The molecule has 1 aromatic carbocycles. The number of nitrogens with zero attached hydrogens (tertiary/aromatic N) is 3. The van der Waals surface area contributed by atoms with E-state index in [0.717, 1.165) is 17.1 Å². The molecule has 164 valence electrons. The van der Waals surface area contributed by atoms with Crippen molar-refractivity contribution in [2.24, 2.45) is 0 Å². The van der Waals surface area contributed by atoms with Crippen LogP contribution in [0.25, 0.3) is 0 Å². The van der Waals surface area contributed by atoms with Gasteiger partial charge in [-0.1, -0.05) is 30.3 Å². The van der Waals surface area contributed by atoms with Crippen LogP contribution in [0.2, 0.25) is 0 Å². The lowest BCUT2D eigenvalue weighted by molar-refractivity contribution is -0.133. The normalized spacial score (nSPS) is 10.7. The standard InChI is InChI=1S/C23H33N3O4/c1-5-29-15-9-14-25(23(28)24(3)4)18-22(27)26(16-20-10-7-6-8-11-20)17-21-13-12-19(2)30-21/h6-8,10-13H,5,9,14-18H2,1-4H3. The Hall–Kier alpha value is -2.80. The number of aryl methyl sites for hydroxylation is 1. The summed E-state index contributed by atoms with van der Waals surface area (Å²) in [6.45, 7) is 6.27. The number of hydrogen-bond donors (Lipinski definition) is 0. The topological polar surface area (TPSA) is 66.2 Å². The van der Waals surface area contributed by atoms with Gasteiger partial charge in [-0.05, 0) is 38.0 Å². The number of rotatable bonds is 11. The minimum absolute atomic E-state index is 0.00959. The molecule has 30 heavy (non-hydrogen) atoms. The van der Waals surface area contributed by atoms with Crippen molar-refractivity contribution in [2.75, 3.05) is 40.4 Å². The molecule has 2 aromatic rings. The molecule has 0 saturated heterocycles.